The van der Waals surface area contributed by atoms with Crippen molar-refractivity contribution in [1.29, 1.82) is 0 Å². The number of aliphatic carboxylic acids is 1. The number of hydrogen-bond acceptors (Lipinski definition) is 3. The van der Waals surface area contributed by atoms with E-state index in [2.05, 4.69) is 0 Å². The molecule has 0 unspecified atom stereocenters. The first-order valence-corrected chi connectivity index (χ1v) is 4.55. The highest BCUT2D eigenvalue weighted by molar-refractivity contribution is 5.80. The number of benzene rings is 1. The zero-order valence-corrected chi connectivity index (χ0v) is 8.61. The molecule has 0 aliphatic heterocycles. The van der Waals surface area contributed by atoms with Crippen molar-refractivity contribution >= 4 is 17.1 Å². The molecule has 5 nitrogen and oxygen atoms in total. The average Bonchev–Trinajstić information content (AvgIpc) is 2.54. The van der Waals surface area contributed by atoms with Crippen molar-refractivity contribution in [2.75, 3.05) is 0 Å². The summed E-state index contributed by atoms with van der Waals surface area (Å²) in [6.07, 6.45) is 0. The molecule has 0 amide bonds. The second-order valence-electron chi connectivity index (χ2n) is 3.49. The molecule has 7 heteroatoms. The standard InChI is InChI=1S/C10H7F2NO4/c1-13-6-3-2-5(10(11,12)8(14)15)4-7(6)17-9(13)16/h2-4H,1H3,(H,14,15). The topological polar surface area (TPSA) is 72.4 Å². The van der Waals surface area contributed by atoms with Gasteiger partial charge >= 0.3 is 17.6 Å². The summed E-state index contributed by atoms with van der Waals surface area (Å²) in [5.74, 6) is -6.96. The fourth-order valence-electron chi connectivity index (χ4n) is 1.45. The molecule has 17 heavy (non-hydrogen) atoms. The van der Waals surface area contributed by atoms with Gasteiger partial charge in [-0.15, -0.1) is 0 Å². The van der Waals surface area contributed by atoms with Crippen LogP contribution in [0.3, 0.4) is 0 Å². The van der Waals surface area contributed by atoms with E-state index in [4.69, 9.17) is 9.52 Å². The maximum absolute atomic E-state index is 13.2. The van der Waals surface area contributed by atoms with E-state index in [0.29, 0.717) is 5.52 Å². The van der Waals surface area contributed by atoms with E-state index in [0.717, 1.165) is 16.7 Å². The minimum absolute atomic E-state index is 0.0732. The van der Waals surface area contributed by atoms with Gasteiger partial charge in [-0.3, -0.25) is 4.57 Å². The van der Waals surface area contributed by atoms with Gasteiger partial charge in [-0.1, -0.05) is 6.07 Å². The van der Waals surface area contributed by atoms with E-state index < -0.39 is 23.2 Å². The summed E-state index contributed by atoms with van der Waals surface area (Å²) < 4.78 is 32.2. The lowest BCUT2D eigenvalue weighted by Gasteiger charge is -2.10. The Labute approximate surface area is 92.9 Å². The largest absolute Gasteiger partial charge is 0.477 e. The van der Waals surface area contributed by atoms with Crippen LogP contribution in [0.2, 0.25) is 0 Å². The van der Waals surface area contributed by atoms with Crippen molar-refractivity contribution in [3.8, 4) is 0 Å². The summed E-state index contributed by atoms with van der Waals surface area (Å²) >= 11 is 0. The molecule has 1 N–H and O–H groups in total. The van der Waals surface area contributed by atoms with E-state index in [-0.39, 0.29) is 5.58 Å². The number of hydrogen-bond donors (Lipinski definition) is 1. The number of oxazole rings is 1. The molecule has 0 aliphatic carbocycles. The average molecular weight is 243 g/mol. The minimum Gasteiger partial charge on any atom is -0.477 e. The van der Waals surface area contributed by atoms with Crippen molar-refractivity contribution in [2.45, 2.75) is 5.92 Å². The third-order valence-electron chi connectivity index (χ3n) is 2.42. The first-order valence-electron chi connectivity index (χ1n) is 4.55. The SMILES string of the molecule is Cn1c(=O)oc2cc(C(F)(F)C(=O)O)ccc21. The fourth-order valence-corrected chi connectivity index (χ4v) is 1.45. The minimum atomic E-state index is -4.01. The molecule has 0 bridgehead atoms. The van der Waals surface area contributed by atoms with Gasteiger partial charge in [0.25, 0.3) is 0 Å². The molecule has 0 radical (unpaired) electrons. The Bertz CT molecular complexity index is 656. The summed E-state index contributed by atoms with van der Waals surface area (Å²) in [6, 6.07) is 3.02. The second kappa shape index (κ2) is 3.41. The van der Waals surface area contributed by atoms with Crippen LogP contribution in [0.25, 0.3) is 11.1 Å². The Balaban J connectivity index is 2.68. The van der Waals surface area contributed by atoms with Gasteiger partial charge in [0.1, 0.15) is 0 Å². The summed E-state index contributed by atoms with van der Waals surface area (Å²) in [5.41, 5.74) is -0.484. The molecule has 0 spiro atoms. The number of carboxylic acids is 1. The molecular formula is C10H7F2NO4. The van der Waals surface area contributed by atoms with Gasteiger partial charge in [-0.05, 0) is 12.1 Å². The van der Waals surface area contributed by atoms with Gasteiger partial charge in [-0.2, -0.15) is 8.78 Å². The molecule has 90 valence electrons. The smallest absolute Gasteiger partial charge is 0.419 e. The molecule has 0 atom stereocenters. The highest BCUT2D eigenvalue weighted by Crippen LogP contribution is 2.30. The van der Waals surface area contributed by atoms with Gasteiger partial charge in [0, 0.05) is 12.6 Å². The summed E-state index contributed by atoms with van der Waals surface area (Å²) in [6.45, 7) is 0. The van der Waals surface area contributed by atoms with Crippen LogP contribution < -0.4 is 5.76 Å². The number of halogens is 2. The second-order valence-corrected chi connectivity index (χ2v) is 3.49. The first kappa shape index (κ1) is 11.3. The summed E-state index contributed by atoms with van der Waals surface area (Å²) in [4.78, 5) is 21.5. The Morgan fingerprint density at radius 3 is 2.71 bits per heavy atom. The zero-order valence-electron chi connectivity index (χ0n) is 8.61. The first-order chi connectivity index (χ1) is 7.84. The molecule has 1 aromatic heterocycles. The number of rotatable bonds is 2. The van der Waals surface area contributed by atoms with Crippen LogP contribution in [0.4, 0.5) is 8.78 Å². The molecular weight excluding hydrogens is 236 g/mol. The van der Waals surface area contributed by atoms with Crippen molar-refractivity contribution in [3.05, 3.63) is 34.3 Å². The van der Waals surface area contributed by atoms with Crippen LogP contribution in [0.1, 0.15) is 5.56 Å². The van der Waals surface area contributed by atoms with E-state index in [1.807, 2.05) is 0 Å². The molecule has 0 fully saturated rings. The quantitative estimate of drug-likeness (QED) is 0.863. The van der Waals surface area contributed by atoms with E-state index >= 15 is 0 Å². The highest BCUT2D eigenvalue weighted by Gasteiger charge is 2.41. The maximum atomic E-state index is 13.2. The lowest BCUT2D eigenvalue weighted by Crippen LogP contribution is -2.25. The third kappa shape index (κ3) is 1.59. The number of fused-ring (bicyclic) bond motifs is 1. The molecule has 0 aliphatic rings. The van der Waals surface area contributed by atoms with Gasteiger partial charge in [0.15, 0.2) is 5.58 Å². The number of aryl methyl sites for hydroxylation is 1. The Hall–Kier alpha value is -2.18. The van der Waals surface area contributed by atoms with Crippen molar-refractivity contribution in [3.63, 3.8) is 0 Å². The molecule has 2 rings (SSSR count). The molecule has 1 aromatic carbocycles. The molecule has 1 heterocycles. The van der Waals surface area contributed by atoms with Gasteiger partial charge in [0.2, 0.25) is 0 Å². The number of alkyl halides is 2. The van der Waals surface area contributed by atoms with Gasteiger partial charge in [-0.25, -0.2) is 9.59 Å². The van der Waals surface area contributed by atoms with E-state index in [9.17, 15) is 18.4 Å². The van der Waals surface area contributed by atoms with Gasteiger partial charge in [0.05, 0.1) is 5.52 Å². The lowest BCUT2D eigenvalue weighted by molar-refractivity contribution is -0.166. The fraction of sp³-hybridized carbons (Fsp3) is 0.200. The number of nitrogens with zero attached hydrogens (tertiary/aromatic N) is 1. The summed E-state index contributed by atoms with van der Waals surface area (Å²) in [5, 5.41) is 8.38. The monoisotopic (exact) mass is 243 g/mol. The Morgan fingerprint density at radius 2 is 2.12 bits per heavy atom. The third-order valence-corrected chi connectivity index (χ3v) is 2.42. The van der Waals surface area contributed by atoms with Crippen LogP contribution in [0.5, 0.6) is 0 Å². The number of carboxylic acid groups (broad SMARTS) is 1. The van der Waals surface area contributed by atoms with Gasteiger partial charge < -0.3 is 9.52 Å². The number of carbonyl (C=O) groups is 1. The number of aromatic nitrogens is 1. The normalized spacial score (nSPS) is 11.9. The maximum Gasteiger partial charge on any atom is 0.419 e. The molecule has 0 saturated carbocycles. The predicted octanol–water partition coefficient (Wildman–Crippen LogP) is 1.31. The van der Waals surface area contributed by atoms with Crippen LogP contribution in [-0.4, -0.2) is 15.6 Å². The van der Waals surface area contributed by atoms with Crippen molar-refractivity contribution < 1.29 is 23.1 Å². The molecule has 2 aromatic rings. The predicted molar refractivity (Wildman–Crippen MR) is 53.0 cm³/mol. The van der Waals surface area contributed by atoms with E-state index in [1.54, 1.807) is 0 Å². The Kier molecular flexibility index (Phi) is 2.27. The Morgan fingerprint density at radius 1 is 1.47 bits per heavy atom. The van der Waals surface area contributed by atoms with Crippen LogP contribution in [0, 0.1) is 0 Å². The van der Waals surface area contributed by atoms with Crippen molar-refractivity contribution in [2.24, 2.45) is 7.05 Å². The van der Waals surface area contributed by atoms with E-state index in [1.165, 1.54) is 13.1 Å². The summed E-state index contributed by atoms with van der Waals surface area (Å²) in [7, 11) is 1.42. The van der Waals surface area contributed by atoms with Crippen LogP contribution >= 0.6 is 0 Å². The van der Waals surface area contributed by atoms with Crippen LogP contribution in [0.15, 0.2) is 27.4 Å². The highest BCUT2D eigenvalue weighted by atomic mass is 19.3. The zero-order chi connectivity index (χ0) is 12.8. The van der Waals surface area contributed by atoms with Crippen LogP contribution in [-0.2, 0) is 17.8 Å². The lowest BCUT2D eigenvalue weighted by atomic mass is 10.1. The molecule has 0 saturated heterocycles. The van der Waals surface area contributed by atoms with Crippen molar-refractivity contribution in [1.82, 2.24) is 4.57 Å².